The fourth-order valence-electron chi connectivity index (χ4n) is 3.37. The maximum Gasteiger partial charge on any atom is 1.00 e. The molecule has 1 aliphatic carbocycles. The first-order chi connectivity index (χ1) is 18.3. The van der Waals surface area contributed by atoms with E-state index < -0.39 is 60.0 Å². The smallest absolute Gasteiger partial charge is 0.505 e. The Hall–Kier alpha value is -4.03. The van der Waals surface area contributed by atoms with Crippen LogP contribution in [0, 0.1) is 20.2 Å². The number of aliphatic hydroxyl groups is 1. The minimum atomic E-state index is -4.43. The van der Waals surface area contributed by atoms with Gasteiger partial charge in [-0.1, -0.05) is 18.2 Å². The zero-order chi connectivity index (χ0) is 28.5. The van der Waals surface area contributed by atoms with E-state index in [9.17, 15) is 48.2 Å². The van der Waals surface area contributed by atoms with Crippen molar-refractivity contribution in [2.75, 3.05) is 5.43 Å². The van der Waals surface area contributed by atoms with Gasteiger partial charge < -0.3 is 10.2 Å². The van der Waals surface area contributed by atoms with Crippen molar-refractivity contribution in [2.45, 2.75) is 4.90 Å². The van der Waals surface area contributed by atoms with Crippen LogP contribution in [0.4, 0.5) is 22.7 Å². The van der Waals surface area contributed by atoms with Gasteiger partial charge in [0.2, 0.25) is 11.5 Å². The van der Waals surface area contributed by atoms with Crippen molar-refractivity contribution >= 4 is 55.1 Å². The van der Waals surface area contributed by atoms with Crippen molar-refractivity contribution in [1.82, 2.24) is 0 Å². The zero-order valence-corrected chi connectivity index (χ0v) is 24.4. The number of anilines is 1. The molecule has 0 aromatic heterocycles. The number of aliphatic hydroxyl groups excluding tert-OH is 1. The van der Waals surface area contributed by atoms with Crippen LogP contribution >= 0.6 is 0 Å². The molecule has 19 heteroatoms. The monoisotopic (exact) mass is 633 g/mol. The Balaban J connectivity index is 0.00000294. The summed E-state index contributed by atoms with van der Waals surface area (Å²) >= 11 is 0. The van der Waals surface area contributed by atoms with Gasteiger partial charge in [-0.05, 0) is 23.6 Å². The van der Waals surface area contributed by atoms with Crippen molar-refractivity contribution in [3.63, 3.8) is 0 Å². The summed E-state index contributed by atoms with van der Waals surface area (Å²) in [4.78, 5) is 32.2. The number of phenols is 1. The first-order valence-corrected chi connectivity index (χ1v) is 11.9. The van der Waals surface area contributed by atoms with Gasteiger partial charge in [-0.25, -0.2) is 0 Å². The number of allylic oxidation sites excluding steroid dienone is 2. The molecule has 1 aliphatic rings. The van der Waals surface area contributed by atoms with Crippen LogP contribution in [0.25, 0.3) is 10.8 Å². The fourth-order valence-corrected chi connectivity index (χ4v) is 3.88. The Morgan fingerprint density at radius 3 is 2.27 bits per heavy atom. The van der Waals surface area contributed by atoms with Crippen LogP contribution < -0.4 is 35.0 Å². The summed E-state index contributed by atoms with van der Waals surface area (Å²) in [6.07, 6.45) is 1.75. The normalized spacial score (nSPS) is 14.2. The molecule has 0 heterocycles. The molecule has 0 bridgehead atoms. The van der Waals surface area contributed by atoms with E-state index in [0.717, 1.165) is 24.3 Å². The van der Waals surface area contributed by atoms with Gasteiger partial charge in [-0.2, -0.15) is 13.5 Å². The van der Waals surface area contributed by atoms with Crippen molar-refractivity contribution in [3.05, 3.63) is 92.4 Å². The maximum atomic E-state index is 12.3. The summed E-state index contributed by atoms with van der Waals surface area (Å²) in [5.41, 5.74) is -0.459. The van der Waals surface area contributed by atoms with E-state index in [0.29, 0.717) is 16.8 Å². The molecule has 3 aromatic rings. The molecule has 0 atom stereocenters. The van der Waals surface area contributed by atoms with Gasteiger partial charge in [0.25, 0.3) is 15.8 Å². The van der Waals surface area contributed by atoms with E-state index in [1.807, 2.05) is 0 Å². The number of non-ortho nitro benzene ring substituents is 1. The van der Waals surface area contributed by atoms with Crippen LogP contribution in [0.3, 0.4) is 0 Å². The molecule has 0 saturated carbocycles. The number of rotatable bonds is 7. The van der Waals surface area contributed by atoms with Gasteiger partial charge in [0.15, 0.2) is 0 Å². The number of carbonyl (C=O) groups excluding carboxylic acids is 1. The number of fused-ring (bicyclic) bond motifs is 1. The Kier molecular flexibility index (Phi) is 10.6. The van der Waals surface area contributed by atoms with E-state index in [1.165, 1.54) is 18.2 Å². The second-order valence-corrected chi connectivity index (χ2v) is 9.16. The molecule has 41 heavy (non-hydrogen) atoms. The minimum absolute atomic E-state index is 0. The van der Waals surface area contributed by atoms with E-state index >= 15 is 0 Å². The molecule has 0 radical (unpaired) electrons. The van der Waals surface area contributed by atoms with Crippen LogP contribution in [0.1, 0.15) is 0 Å². The van der Waals surface area contributed by atoms with Gasteiger partial charge in [-0.3, -0.25) is 35.0 Å². The maximum absolute atomic E-state index is 12.3. The molecule has 0 aliphatic heterocycles. The Morgan fingerprint density at radius 2 is 1.63 bits per heavy atom. The number of benzene rings is 3. The van der Waals surface area contributed by atoms with Crippen molar-refractivity contribution in [2.24, 2.45) is 15.3 Å². The summed E-state index contributed by atoms with van der Waals surface area (Å²) in [5.74, 6) is -2.37. The number of nitro groups is 2. The average molecular weight is 633 g/mol. The molecule has 0 amide bonds. The molecule has 0 saturated heterocycles. The quantitative estimate of drug-likeness (QED) is 0.0545. The molecule has 0 fully saturated rings. The Bertz CT molecular complexity index is 1820. The van der Waals surface area contributed by atoms with Gasteiger partial charge in [-0.15, -0.1) is 10.2 Å². The summed E-state index contributed by atoms with van der Waals surface area (Å²) in [6, 6.07) is 9.75. The van der Waals surface area contributed by atoms with E-state index in [2.05, 4.69) is 20.8 Å². The molecule has 3 aromatic carbocycles. The third-order valence-corrected chi connectivity index (χ3v) is 6.08. The number of hydrogen-bond acceptors (Lipinski definition) is 13. The predicted molar refractivity (Wildman–Crippen MR) is 135 cm³/mol. The summed E-state index contributed by atoms with van der Waals surface area (Å²) in [6.45, 7) is 0. The standard InChI is InChI=1S/C22H14N6O10S.Fe.Na/c29-20-10-21(30)17(25-26-18-7-12(27(32)33)8-19(22(18)31)28(34)35)9-16(20)24-23-15-3-1-2-11-6-13(39(36,37)38)4-5-14(11)15;;/h1-10,26,29,31H,(H,36,37,38);;/q;;+1/b24-23?,25-17-;;. The summed E-state index contributed by atoms with van der Waals surface area (Å²) in [5, 5.41) is 54.9. The second kappa shape index (κ2) is 13.1. The number of ketones is 1. The molecule has 4 N–H and O–H groups in total. The number of aromatic hydroxyl groups is 1. The molecule has 16 nitrogen and oxygen atoms in total. The largest absolute Gasteiger partial charge is 1.00 e. The minimum Gasteiger partial charge on any atom is -0.505 e. The number of hydrazone groups is 1. The van der Waals surface area contributed by atoms with Crippen LogP contribution in [0.5, 0.6) is 5.75 Å². The van der Waals surface area contributed by atoms with Crippen LogP contribution in [0.15, 0.2) is 92.4 Å². The van der Waals surface area contributed by atoms with E-state index in [1.54, 1.807) is 12.1 Å². The second-order valence-electron chi connectivity index (χ2n) is 7.74. The zero-order valence-electron chi connectivity index (χ0n) is 20.5. The number of nitrogens with zero attached hydrogens (tertiary/aromatic N) is 5. The van der Waals surface area contributed by atoms with Crippen LogP contribution in [-0.4, -0.2) is 44.5 Å². The topological polar surface area (TPSA) is 247 Å². The predicted octanol–water partition coefficient (Wildman–Crippen LogP) is 1.07. The number of phenolic OH excluding ortho intramolecular Hbond substituents is 1. The van der Waals surface area contributed by atoms with Crippen molar-refractivity contribution in [3.8, 4) is 5.75 Å². The van der Waals surface area contributed by atoms with Crippen molar-refractivity contribution in [1.29, 1.82) is 0 Å². The Labute approximate surface area is 262 Å². The third-order valence-electron chi connectivity index (χ3n) is 5.23. The summed E-state index contributed by atoms with van der Waals surface area (Å²) < 4.78 is 32.0. The first-order valence-electron chi connectivity index (χ1n) is 10.4. The number of nitro benzene ring substituents is 2. The summed E-state index contributed by atoms with van der Waals surface area (Å²) in [7, 11) is -4.43. The fraction of sp³-hybridized carbons (Fsp3) is 0. The van der Waals surface area contributed by atoms with Crippen LogP contribution in [-0.2, 0) is 32.0 Å². The van der Waals surface area contributed by atoms with Crippen molar-refractivity contribution < 1.29 is 84.5 Å². The Morgan fingerprint density at radius 1 is 0.927 bits per heavy atom. The van der Waals surface area contributed by atoms with E-state index in [4.69, 9.17) is 0 Å². The first kappa shape index (κ1) is 33.2. The SMILES string of the molecule is O=C1C=C(O)C(N=Nc2cccc3cc(S(=O)(=O)O)ccc23)=C/C1=N/Nc1cc([N+](=O)[O-])cc([N+](=O)[O-])c1O.[Fe].[Na+]. The number of nitrogens with one attached hydrogen (secondary N) is 1. The molecule has 206 valence electrons. The number of azo groups is 1. The van der Waals surface area contributed by atoms with Gasteiger partial charge in [0.1, 0.15) is 22.9 Å². The average Bonchev–Trinajstić information content (AvgIpc) is 2.87. The molecule has 0 unspecified atom stereocenters. The molecule has 0 spiro atoms. The van der Waals surface area contributed by atoms with Crippen LogP contribution in [0.2, 0.25) is 0 Å². The molecular weight excluding hydrogens is 619 g/mol. The van der Waals surface area contributed by atoms with Gasteiger partial charge in [0.05, 0.1) is 26.5 Å². The number of hydrogen-bond donors (Lipinski definition) is 4. The molecular formula is C22H14FeN6NaO10S+. The number of carbonyl (C=O) groups is 1. The van der Waals surface area contributed by atoms with E-state index in [-0.39, 0.29) is 62.9 Å². The van der Waals surface area contributed by atoms with Gasteiger partial charge in [0, 0.05) is 40.7 Å². The third kappa shape index (κ3) is 7.38. The van der Waals surface area contributed by atoms with Gasteiger partial charge >= 0.3 is 35.2 Å². The molecule has 4 rings (SSSR count).